The van der Waals surface area contributed by atoms with Gasteiger partial charge in [0.1, 0.15) is 5.69 Å². The van der Waals surface area contributed by atoms with E-state index in [-0.39, 0.29) is 6.61 Å². The van der Waals surface area contributed by atoms with Crippen LogP contribution in [0.3, 0.4) is 0 Å². The fourth-order valence-electron chi connectivity index (χ4n) is 1.81. The van der Waals surface area contributed by atoms with Gasteiger partial charge in [-0.05, 0) is 43.5 Å². The molecule has 0 aliphatic heterocycles. The minimum absolute atomic E-state index is 0.177. The first-order chi connectivity index (χ1) is 9.19. The molecule has 1 heterocycles. The summed E-state index contributed by atoms with van der Waals surface area (Å²) in [6.45, 7) is 5.74. The molecule has 2 aromatic rings. The molecule has 2 N–H and O–H groups in total. The Kier molecular flexibility index (Phi) is 4.52. The Labute approximate surface area is 113 Å². The van der Waals surface area contributed by atoms with Crippen molar-refractivity contribution in [3.05, 3.63) is 41.2 Å². The van der Waals surface area contributed by atoms with Gasteiger partial charge in [0.15, 0.2) is 0 Å². The lowest BCUT2D eigenvalue weighted by molar-refractivity contribution is 0.276. The Morgan fingerprint density at radius 3 is 2.84 bits per heavy atom. The average molecular weight is 260 g/mol. The van der Waals surface area contributed by atoms with Gasteiger partial charge < -0.3 is 10.4 Å². The van der Waals surface area contributed by atoms with Crippen LogP contribution in [0.15, 0.2) is 24.4 Å². The number of hydrogen-bond acceptors (Lipinski definition) is 4. The third kappa shape index (κ3) is 3.79. The summed E-state index contributed by atoms with van der Waals surface area (Å²) in [6.07, 6.45) is 2.61. The summed E-state index contributed by atoms with van der Waals surface area (Å²) < 4.78 is 1.76. The summed E-state index contributed by atoms with van der Waals surface area (Å²) in [5.74, 6) is 0. The van der Waals surface area contributed by atoms with Crippen molar-refractivity contribution >= 4 is 5.69 Å². The second kappa shape index (κ2) is 6.33. The summed E-state index contributed by atoms with van der Waals surface area (Å²) in [4.78, 5) is 0. The number of anilines is 1. The van der Waals surface area contributed by atoms with Crippen molar-refractivity contribution in [2.75, 3.05) is 11.9 Å². The Bertz CT molecular complexity index is 536. The molecule has 0 radical (unpaired) electrons. The number of aliphatic hydroxyl groups excluding tert-OH is 1. The topological polar surface area (TPSA) is 63.0 Å². The van der Waals surface area contributed by atoms with Crippen LogP contribution in [0.25, 0.3) is 0 Å². The van der Waals surface area contributed by atoms with Gasteiger partial charge in [0.25, 0.3) is 0 Å². The lowest BCUT2D eigenvalue weighted by Gasteiger charge is -2.06. The summed E-state index contributed by atoms with van der Waals surface area (Å²) in [5, 5.41) is 20.2. The van der Waals surface area contributed by atoms with Crippen molar-refractivity contribution in [2.45, 2.75) is 33.4 Å². The first-order valence-corrected chi connectivity index (χ1v) is 6.50. The zero-order chi connectivity index (χ0) is 13.7. The smallest absolute Gasteiger partial charge is 0.102 e. The van der Waals surface area contributed by atoms with Crippen molar-refractivity contribution in [1.29, 1.82) is 0 Å². The van der Waals surface area contributed by atoms with Crippen LogP contribution in [0.1, 0.15) is 23.2 Å². The molecule has 5 nitrogen and oxygen atoms in total. The van der Waals surface area contributed by atoms with Gasteiger partial charge in [-0.3, -0.25) is 4.68 Å². The Morgan fingerprint density at radius 2 is 2.11 bits per heavy atom. The number of nitrogens with one attached hydrogen (secondary N) is 1. The van der Waals surface area contributed by atoms with Crippen LogP contribution < -0.4 is 5.32 Å². The monoisotopic (exact) mass is 260 g/mol. The van der Waals surface area contributed by atoms with E-state index in [2.05, 4.69) is 47.7 Å². The fraction of sp³-hybridized carbons (Fsp3) is 0.429. The molecule has 1 aromatic heterocycles. The maximum atomic E-state index is 8.76. The second-order valence-corrected chi connectivity index (χ2v) is 4.70. The van der Waals surface area contributed by atoms with E-state index in [9.17, 15) is 0 Å². The van der Waals surface area contributed by atoms with Gasteiger partial charge in [-0.2, -0.15) is 0 Å². The molecule has 19 heavy (non-hydrogen) atoms. The van der Waals surface area contributed by atoms with E-state index in [1.165, 1.54) is 11.1 Å². The van der Waals surface area contributed by atoms with Crippen molar-refractivity contribution < 1.29 is 5.11 Å². The molecule has 0 unspecified atom stereocenters. The minimum atomic E-state index is 0.177. The first kappa shape index (κ1) is 13.5. The largest absolute Gasteiger partial charge is 0.396 e. The molecule has 0 saturated heterocycles. The van der Waals surface area contributed by atoms with E-state index in [1.54, 1.807) is 4.68 Å². The maximum absolute atomic E-state index is 8.76. The van der Waals surface area contributed by atoms with Crippen LogP contribution in [0.4, 0.5) is 5.69 Å². The third-order valence-electron chi connectivity index (χ3n) is 3.11. The molecular weight excluding hydrogens is 240 g/mol. The van der Waals surface area contributed by atoms with Gasteiger partial charge in [-0.15, -0.1) is 5.10 Å². The number of aliphatic hydroxyl groups is 1. The number of rotatable bonds is 6. The summed E-state index contributed by atoms with van der Waals surface area (Å²) in [6, 6.07) is 6.31. The number of aromatic nitrogens is 3. The Balaban J connectivity index is 1.91. The second-order valence-electron chi connectivity index (χ2n) is 4.70. The molecule has 0 aliphatic carbocycles. The van der Waals surface area contributed by atoms with Gasteiger partial charge in [-0.1, -0.05) is 11.3 Å². The number of aryl methyl sites for hydroxylation is 3. The number of benzene rings is 1. The Hall–Kier alpha value is -1.88. The van der Waals surface area contributed by atoms with Crippen LogP contribution in [0.2, 0.25) is 0 Å². The van der Waals surface area contributed by atoms with Gasteiger partial charge in [0.05, 0.1) is 12.7 Å². The molecule has 5 heteroatoms. The highest BCUT2D eigenvalue weighted by Gasteiger charge is 2.01. The number of nitrogens with zero attached hydrogens (tertiary/aromatic N) is 3. The van der Waals surface area contributed by atoms with Gasteiger partial charge in [0.2, 0.25) is 0 Å². The van der Waals surface area contributed by atoms with E-state index in [4.69, 9.17) is 5.11 Å². The number of hydrogen-bond donors (Lipinski definition) is 2. The molecule has 0 saturated carbocycles. The van der Waals surface area contributed by atoms with Crippen LogP contribution >= 0.6 is 0 Å². The first-order valence-electron chi connectivity index (χ1n) is 6.50. The van der Waals surface area contributed by atoms with Crippen LogP contribution in [-0.4, -0.2) is 26.7 Å². The molecule has 0 spiro atoms. The van der Waals surface area contributed by atoms with E-state index in [1.807, 2.05) is 6.20 Å². The standard InChI is InChI=1S/C14H20N4O/c1-11-4-5-13(8-12(11)2)15-9-14-10-18(17-16-14)6-3-7-19/h4-5,8,10,15,19H,3,6-7,9H2,1-2H3. The summed E-state index contributed by atoms with van der Waals surface area (Å²) in [5.41, 5.74) is 4.56. The zero-order valence-corrected chi connectivity index (χ0v) is 11.4. The predicted molar refractivity (Wildman–Crippen MR) is 75.0 cm³/mol. The van der Waals surface area contributed by atoms with Gasteiger partial charge in [-0.25, -0.2) is 0 Å². The van der Waals surface area contributed by atoms with Crippen molar-refractivity contribution in [3.8, 4) is 0 Å². The van der Waals surface area contributed by atoms with Crippen LogP contribution in [0.5, 0.6) is 0 Å². The van der Waals surface area contributed by atoms with Crippen LogP contribution in [0, 0.1) is 13.8 Å². The maximum Gasteiger partial charge on any atom is 0.102 e. The zero-order valence-electron chi connectivity index (χ0n) is 11.4. The van der Waals surface area contributed by atoms with Crippen molar-refractivity contribution in [3.63, 3.8) is 0 Å². The predicted octanol–water partition coefficient (Wildman–Crippen LogP) is 1.89. The molecule has 0 aliphatic rings. The molecule has 0 amide bonds. The lowest BCUT2D eigenvalue weighted by atomic mass is 10.1. The fourth-order valence-corrected chi connectivity index (χ4v) is 1.81. The molecular formula is C14H20N4O. The average Bonchev–Trinajstić information content (AvgIpc) is 2.86. The molecule has 0 atom stereocenters. The highest BCUT2D eigenvalue weighted by atomic mass is 16.3. The SMILES string of the molecule is Cc1ccc(NCc2cn(CCCO)nn2)cc1C. The Morgan fingerprint density at radius 1 is 1.26 bits per heavy atom. The molecule has 0 fully saturated rings. The van der Waals surface area contributed by atoms with E-state index in [0.29, 0.717) is 19.5 Å². The van der Waals surface area contributed by atoms with Crippen LogP contribution in [-0.2, 0) is 13.1 Å². The van der Waals surface area contributed by atoms with Gasteiger partial charge in [0, 0.05) is 18.8 Å². The van der Waals surface area contributed by atoms with E-state index in [0.717, 1.165) is 11.4 Å². The van der Waals surface area contributed by atoms with E-state index < -0.39 is 0 Å². The molecule has 1 aromatic carbocycles. The quantitative estimate of drug-likeness (QED) is 0.832. The van der Waals surface area contributed by atoms with Gasteiger partial charge >= 0.3 is 0 Å². The molecule has 0 bridgehead atoms. The van der Waals surface area contributed by atoms with Crippen molar-refractivity contribution in [2.24, 2.45) is 0 Å². The van der Waals surface area contributed by atoms with Crippen molar-refractivity contribution in [1.82, 2.24) is 15.0 Å². The third-order valence-corrected chi connectivity index (χ3v) is 3.11. The normalized spacial score (nSPS) is 10.7. The minimum Gasteiger partial charge on any atom is -0.396 e. The molecule has 2 rings (SSSR count). The lowest BCUT2D eigenvalue weighted by Crippen LogP contribution is -2.01. The highest BCUT2D eigenvalue weighted by molar-refractivity contribution is 5.48. The highest BCUT2D eigenvalue weighted by Crippen LogP contribution is 2.14. The summed E-state index contributed by atoms with van der Waals surface area (Å²) in [7, 11) is 0. The summed E-state index contributed by atoms with van der Waals surface area (Å²) >= 11 is 0. The van der Waals surface area contributed by atoms with E-state index >= 15 is 0 Å². The molecule has 102 valence electrons.